The average molecular weight is 208 g/mol. The van der Waals surface area contributed by atoms with Gasteiger partial charge in [-0.25, -0.2) is 4.79 Å². The molecule has 0 spiro atoms. The fraction of sp³-hybridized carbons (Fsp3) is 0.200. The summed E-state index contributed by atoms with van der Waals surface area (Å²) in [5.74, 6) is -0.787. The molecule has 1 rings (SSSR count). The lowest BCUT2D eigenvalue weighted by Gasteiger charge is -2.08. The predicted molar refractivity (Wildman–Crippen MR) is 56.5 cm³/mol. The number of ether oxygens (including phenoxy) is 1. The van der Waals surface area contributed by atoms with Crippen LogP contribution in [0.1, 0.15) is 17.3 Å². The minimum atomic E-state index is -0.515. The van der Waals surface area contributed by atoms with Crippen molar-refractivity contribution in [1.82, 2.24) is 0 Å². The highest BCUT2D eigenvalue weighted by atomic mass is 16.5. The molecule has 0 aliphatic rings. The van der Waals surface area contributed by atoms with E-state index in [0.29, 0.717) is 11.4 Å². The van der Waals surface area contributed by atoms with Crippen LogP contribution in [-0.4, -0.2) is 19.0 Å². The zero-order valence-electron chi connectivity index (χ0n) is 8.53. The van der Waals surface area contributed by atoms with Gasteiger partial charge in [-0.15, -0.1) is 0 Å². The normalized spacial score (nSPS) is 9.47. The summed E-state index contributed by atoms with van der Waals surface area (Å²) in [6.07, 6.45) is 0. The molecule has 1 aromatic carbocycles. The first-order valence-corrected chi connectivity index (χ1v) is 4.30. The molecule has 0 aromatic heterocycles. The molecule has 0 heterocycles. The molecule has 0 fully saturated rings. The molecule has 5 nitrogen and oxygen atoms in total. The van der Waals surface area contributed by atoms with E-state index in [0.717, 1.165) is 0 Å². The monoisotopic (exact) mass is 208 g/mol. The third-order valence-electron chi connectivity index (χ3n) is 1.76. The summed E-state index contributed by atoms with van der Waals surface area (Å²) in [6, 6.07) is 4.58. The van der Waals surface area contributed by atoms with E-state index in [1.807, 2.05) is 0 Å². The molecular formula is C10H12N2O3. The van der Waals surface area contributed by atoms with Crippen molar-refractivity contribution in [2.24, 2.45) is 0 Å². The van der Waals surface area contributed by atoms with Gasteiger partial charge in [0, 0.05) is 12.6 Å². The Morgan fingerprint density at radius 2 is 2.07 bits per heavy atom. The van der Waals surface area contributed by atoms with Gasteiger partial charge >= 0.3 is 5.97 Å². The lowest BCUT2D eigenvalue weighted by molar-refractivity contribution is -0.114. The van der Waals surface area contributed by atoms with E-state index < -0.39 is 5.97 Å². The van der Waals surface area contributed by atoms with Crippen molar-refractivity contribution in [2.45, 2.75) is 6.92 Å². The standard InChI is InChI=1S/C10H12N2O3/c1-6(13)12-9-5-7(11)3-4-8(9)10(14)15-2/h3-5H,11H2,1-2H3,(H,12,13). The van der Waals surface area contributed by atoms with Crippen molar-refractivity contribution in [2.75, 3.05) is 18.2 Å². The summed E-state index contributed by atoms with van der Waals surface area (Å²) in [6.45, 7) is 1.35. The van der Waals surface area contributed by atoms with E-state index in [1.165, 1.54) is 26.2 Å². The van der Waals surface area contributed by atoms with Crippen molar-refractivity contribution >= 4 is 23.3 Å². The van der Waals surface area contributed by atoms with Crippen molar-refractivity contribution in [3.05, 3.63) is 23.8 Å². The minimum Gasteiger partial charge on any atom is -0.465 e. The maximum absolute atomic E-state index is 11.3. The molecule has 0 aliphatic heterocycles. The van der Waals surface area contributed by atoms with Crippen LogP contribution in [0.15, 0.2) is 18.2 Å². The Labute approximate surface area is 87.2 Å². The molecule has 0 saturated carbocycles. The first-order chi connectivity index (χ1) is 7.04. The number of hydrogen-bond acceptors (Lipinski definition) is 4. The van der Waals surface area contributed by atoms with Crippen molar-refractivity contribution in [3.63, 3.8) is 0 Å². The molecule has 0 bridgehead atoms. The van der Waals surface area contributed by atoms with Crippen LogP contribution in [0.25, 0.3) is 0 Å². The molecule has 5 heteroatoms. The van der Waals surface area contributed by atoms with Crippen LogP contribution in [0.5, 0.6) is 0 Å². The molecule has 3 N–H and O–H groups in total. The Morgan fingerprint density at radius 1 is 1.40 bits per heavy atom. The molecule has 0 unspecified atom stereocenters. The minimum absolute atomic E-state index is 0.272. The molecule has 0 aliphatic carbocycles. The van der Waals surface area contributed by atoms with Gasteiger partial charge in [0.1, 0.15) is 0 Å². The number of nitrogens with one attached hydrogen (secondary N) is 1. The van der Waals surface area contributed by atoms with Gasteiger partial charge in [-0.3, -0.25) is 4.79 Å². The van der Waals surface area contributed by atoms with Crippen LogP contribution in [0.4, 0.5) is 11.4 Å². The average Bonchev–Trinajstić information content (AvgIpc) is 2.16. The van der Waals surface area contributed by atoms with Crippen LogP contribution >= 0.6 is 0 Å². The molecule has 15 heavy (non-hydrogen) atoms. The number of hydrogen-bond donors (Lipinski definition) is 2. The van der Waals surface area contributed by atoms with Gasteiger partial charge in [0.2, 0.25) is 5.91 Å². The third kappa shape index (κ3) is 2.70. The summed E-state index contributed by atoms with van der Waals surface area (Å²) in [5.41, 5.74) is 6.64. The summed E-state index contributed by atoms with van der Waals surface area (Å²) in [7, 11) is 1.27. The zero-order chi connectivity index (χ0) is 11.4. The lowest BCUT2D eigenvalue weighted by atomic mass is 10.1. The summed E-state index contributed by atoms with van der Waals surface area (Å²) in [4.78, 5) is 22.2. The van der Waals surface area contributed by atoms with Gasteiger partial charge in [0.25, 0.3) is 0 Å². The SMILES string of the molecule is COC(=O)c1ccc(N)cc1NC(C)=O. The fourth-order valence-corrected chi connectivity index (χ4v) is 1.14. The summed E-state index contributed by atoms with van der Waals surface area (Å²) in [5, 5.41) is 2.51. The van der Waals surface area contributed by atoms with E-state index in [1.54, 1.807) is 6.07 Å². The Balaban J connectivity index is 3.13. The number of esters is 1. The van der Waals surface area contributed by atoms with Gasteiger partial charge in [0.05, 0.1) is 18.4 Å². The number of carbonyl (C=O) groups is 2. The van der Waals surface area contributed by atoms with Crippen LogP contribution in [-0.2, 0) is 9.53 Å². The molecule has 0 atom stereocenters. The number of nitrogen functional groups attached to an aromatic ring is 1. The van der Waals surface area contributed by atoms with Gasteiger partial charge in [-0.2, -0.15) is 0 Å². The number of benzene rings is 1. The van der Waals surface area contributed by atoms with E-state index in [2.05, 4.69) is 10.1 Å². The van der Waals surface area contributed by atoms with E-state index in [4.69, 9.17) is 5.73 Å². The van der Waals surface area contributed by atoms with Gasteiger partial charge < -0.3 is 15.8 Å². The fourth-order valence-electron chi connectivity index (χ4n) is 1.14. The van der Waals surface area contributed by atoms with Gasteiger partial charge in [-0.1, -0.05) is 0 Å². The van der Waals surface area contributed by atoms with Gasteiger partial charge in [-0.05, 0) is 18.2 Å². The first kappa shape index (κ1) is 11.0. The van der Waals surface area contributed by atoms with E-state index in [9.17, 15) is 9.59 Å². The number of amides is 1. The Bertz CT molecular complexity index is 402. The highest BCUT2D eigenvalue weighted by molar-refractivity contribution is 6.01. The maximum atomic E-state index is 11.3. The second-order valence-electron chi connectivity index (χ2n) is 2.98. The number of methoxy groups -OCH3 is 1. The summed E-state index contributed by atoms with van der Waals surface area (Å²) < 4.78 is 4.57. The summed E-state index contributed by atoms with van der Waals surface area (Å²) >= 11 is 0. The smallest absolute Gasteiger partial charge is 0.339 e. The van der Waals surface area contributed by atoms with Crippen LogP contribution in [0.2, 0.25) is 0 Å². The van der Waals surface area contributed by atoms with Crippen LogP contribution in [0.3, 0.4) is 0 Å². The molecule has 0 radical (unpaired) electrons. The van der Waals surface area contributed by atoms with Gasteiger partial charge in [0.15, 0.2) is 0 Å². The van der Waals surface area contributed by atoms with Crippen molar-refractivity contribution in [3.8, 4) is 0 Å². The maximum Gasteiger partial charge on any atom is 0.339 e. The highest BCUT2D eigenvalue weighted by Gasteiger charge is 2.12. The van der Waals surface area contributed by atoms with Crippen molar-refractivity contribution < 1.29 is 14.3 Å². The number of anilines is 2. The van der Waals surface area contributed by atoms with Crippen LogP contribution < -0.4 is 11.1 Å². The molecule has 1 amide bonds. The Kier molecular flexibility index (Phi) is 3.28. The topological polar surface area (TPSA) is 81.4 Å². The largest absolute Gasteiger partial charge is 0.465 e. The van der Waals surface area contributed by atoms with E-state index >= 15 is 0 Å². The second-order valence-corrected chi connectivity index (χ2v) is 2.98. The molecular weight excluding hydrogens is 196 g/mol. The Morgan fingerprint density at radius 3 is 2.60 bits per heavy atom. The second kappa shape index (κ2) is 4.45. The Hall–Kier alpha value is -2.04. The number of rotatable bonds is 2. The lowest BCUT2D eigenvalue weighted by Crippen LogP contribution is -2.12. The van der Waals surface area contributed by atoms with Crippen molar-refractivity contribution in [1.29, 1.82) is 0 Å². The third-order valence-corrected chi connectivity index (χ3v) is 1.76. The first-order valence-electron chi connectivity index (χ1n) is 4.30. The zero-order valence-corrected chi connectivity index (χ0v) is 8.53. The molecule has 80 valence electrons. The quantitative estimate of drug-likeness (QED) is 0.561. The molecule has 0 saturated heterocycles. The number of nitrogens with two attached hydrogens (primary N) is 1. The van der Waals surface area contributed by atoms with E-state index in [-0.39, 0.29) is 11.5 Å². The van der Waals surface area contributed by atoms with Crippen LogP contribution in [0, 0.1) is 0 Å². The molecule has 1 aromatic rings. The highest BCUT2D eigenvalue weighted by Crippen LogP contribution is 2.19. The predicted octanol–water partition coefficient (Wildman–Crippen LogP) is 1.01. The number of carbonyl (C=O) groups excluding carboxylic acids is 2.